The second kappa shape index (κ2) is 6.94. The van der Waals surface area contributed by atoms with Gasteiger partial charge in [0.25, 0.3) is 0 Å². The highest BCUT2D eigenvalue weighted by atomic mass is 32.2. The molecular formula is C18H24N4O3S. The number of aliphatic hydroxyl groups is 1. The quantitative estimate of drug-likeness (QED) is 0.845. The zero-order valence-electron chi connectivity index (χ0n) is 15.2. The lowest BCUT2D eigenvalue weighted by molar-refractivity contribution is 0.198. The molecule has 0 aliphatic carbocycles. The Morgan fingerprint density at radius 2 is 1.96 bits per heavy atom. The summed E-state index contributed by atoms with van der Waals surface area (Å²) in [7, 11) is -3.72. The van der Waals surface area contributed by atoms with E-state index in [2.05, 4.69) is 14.7 Å². The van der Waals surface area contributed by atoms with Crippen LogP contribution in [0.15, 0.2) is 41.4 Å². The second-order valence-corrected chi connectivity index (χ2v) is 9.13. The van der Waals surface area contributed by atoms with Gasteiger partial charge in [0.15, 0.2) is 5.82 Å². The SMILES string of the molecule is CC(C)(C)NS(=O)(=O)c1ccccc1-c1nccc(N2CC[C@@H](O)C2)n1. The van der Waals surface area contributed by atoms with Crippen molar-refractivity contribution in [1.29, 1.82) is 0 Å². The van der Waals surface area contributed by atoms with E-state index in [9.17, 15) is 13.5 Å². The molecule has 8 heteroatoms. The topological polar surface area (TPSA) is 95.4 Å². The molecular weight excluding hydrogens is 352 g/mol. The number of aliphatic hydroxyl groups excluding tert-OH is 1. The first-order valence-corrected chi connectivity index (χ1v) is 10.0. The van der Waals surface area contributed by atoms with Crippen molar-refractivity contribution >= 4 is 15.8 Å². The number of benzene rings is 1. The highest BCUT2D eigenvalue weighted by Crippen LogP contribution is 2.27. The summed E-state index contributed by atoms with van der Waals surface area (Å²) in [4.78, 5) is 10.9. The molecule has 1 aliphatic rings. The predicted octanol–water partition coefficient (Wildman–Crippen LogP) is 1.79. The van der Waals surface area contributed by atoms with Crippen LogP contribution in [0.25, 0.3) is 11.4 Å². The van der Waals surface area contributed by atoms with Gasteiger partial charge in [-0.15, -0.1) is 0 Å². The van der Waals surface area contributed by atoms with Gasteiger partial charge in [0.05, 0.1) is 11.0 Å². The Morgan fingerprint density at radius 1 is 1.23 bits per heavy atom. The van der Waals surface area contributed by atoms with Crippen LogP contribution >= 0.6 is 0 Å². The van der Waals surface area contributed by atoms with E-state index in [-0.39, 0.29) is 11.0 Å². The summed E-state index contributed by atoms with van der Waals surface area (Å²) in [5.74, 6) is 1.03. The van der Waals surface area contributed by atoms with Crippen molar-refractivity contribution in [2.24, 2.45) is 0 Å². The molecule has 1 aromatic heterocycles. The van der Waals surface area contributed by atoms with E-state index in [1.165, 1.54) is 0 Å². The third-order valence-corrected chi connectivity index (χ3v) is 5.80. The first kappa shape index (κ1) is 18.8. The van der Waals surface area contributed by atoms with Gasteiger partial charge < -0.3 is 10.0 Å². The molecule has 3 rings (SSSR count). The van der Waals surface area contributed by atoms with Crippen LogP contribution in [0.5, 0.6) is 0 Å². The molecule has 7 nitrogen and oxygen atoms in total. The van der Waals surface area contributed by atoms with Gasteiger partial charge in [-0.2, -0.15) is 0 Å². The molecule has 1 aromatic carbocycles. The summed E-state index contributed by atoms with van der Waals surface area (Å²) in [5.41, 5.74) is -0.147. The van der Waals surface area contributed by atoms with Gasteiger partial charge in [0.1, 0.15) is 5.82 Å². The summed E-state index contributed by atoms with van der Waals surface area (Å²) in [6.45, 7) is 6.61. The molecule has 1 fully saturated rings. The lowest BCUT2D eigenvalue weighted by atomic mass is 10.1. The average molecular weight is 376 g/mol. The lowest BCUT2D eigenvalue weighted by Crippen LogP contribution is -2.40. The maximum Gasteiger partial charge on any atom is 0.241 e. The van der Waals surface area contributed by atoms with Crippen molar-refractivity contribution < 1.29 is 13.5 Å². The first-order valence-electron chi connectivity index (χ1n) is 8.55. The fourth-order valence-corrected chi connectivity index (χ4v) is 4.57. The van der Waals surface area contributed by atoms with Crippen molar-refractivity contribution in [2.45, 2.75) is 43.7 Å². The average Bonchev–Trinajstić information content (AvgIpc) is 2.99. The van der Waals surface area contributed by atoms with E-state index in [1.807, 2.05) is 4.90 Å². The summed E-state index contributed by atoms with van der Waals surface area (Å²) < 4.78 is 28.3. The number of anilines is 1. The number of hydrogen-bond donors (Lipinski definition) is 2. The Bertz CT molecular complexity index is 893. The molecule has 140 valence electrons. The third kappa shape index (κ3) is 4.20. The predicted molar refractivity (Wildman–Crippen MR) is 100 cm³/mol. The first-order chi connectivity index (χ1) is 12.2. The van der Waals surface area contributed by atoms with Gasteiger partial charge in [-0.25, -0.2) is 23.1 Å². The van der Waals surface area contributed by atoms with Crippen LogP contribution in [-0.2, 0) is 10.0 Å². The molecule has 2 heterocycles. The van der Waals surface area contributed by atoms with Gasteiger partial charge in [-0.05, 0) is 45.4 Å². The molecule has 0 saturated carbocycles. The Hall–Kier alpha value is -2.03. The van der Waals surface area contributed by atoms with Crippen LogP contribution in [0.2, 0.25) is 0 Å². The van der Waals surface area contributed by atoms with Crippen LogP contribution in [0.4, 0.5) is 5.82 Å². The molecule has 1 atom stereocenters. The van der Waals surface area contributed by atoms with Crippen molar-refractivity contribution in [3.63, 3.8) is 0 Å². The molecule has 0 bridgehead atoms. The van der Waals surface area contributed by atoms with Crippen LogP contribution < -0.4 is 9.62 Å². The highest BCUT2D eigenvalue weighted by Gasteiger charge is 2.26. The number of nitrogens with one attached hydrogen (secondary N) is 1. The highest BCUT2D eigenvalue weighted by molar-refractivity contribution is 7.89. The Kier molecular flexibility index (Phi) is 5.01. The Balaban J connectivity index is 2.01. The van der Waals surface area contributed by atoms with Crippen LogP contribution in [0, 0.1) is 0 Å². The number of hydrogen-bond acceptors (Lipinski definition) is 6. The number of sulfonamides is 1. The molecule has 0 amide bonds. The molecule has 2 aromatic rings. The van der Waals surface area contributed by atoms with Gasteiger partial charge in [-0.1, -0.05) is 12.1 Å². The van der Waals surface area contributed by atoms with Gasteiger partial charge >= 0.3 is 0 Å². The molecule has 0 spiro atoms. The summed E-state index contributed by atoms with van der Waals surface area (Å²) >= 11 is 0. The molecule has 1 saturated heterocycles. The second-order valence-electron chi connectivity index (χ2n) is 7.48. The number of aromatic nitrogens is 2. The normalized spacial score (nSPS) is 18.3. The fraction of sp³-hybridized carbons (Fsp3) is 0.444. The maximum absolute atomic E-state index is 12.8. The van der Waals surface area contributed by atoms with Crippen molar-refractivity contribution in [3.8, 4) is 11.4 Å². The maximum atomic E-state index is 12.8. The lowest BCUT2D eigenvalue weighted by Gasteiger charge is -2.21. The number of nitrogens with zero attached hydrogens (tertiary/aromatic N) is 3. The van der Waals surface area contributed by atoms with E-state index in [0.717, 1.165) is 0 Å². The van der Waals surface area contributed by atoms with E-state index in [1.54, 1.807) is 57.3 Å². The smallest absolute Gasteiger partial charge is 0.241 e. The van der Waals surface area contributed by atoms with Crippen LogP contribution in [0.1, 0.15) is 27.2 Å². The molecule has 0 unspecified atom stereocenters. The largest absolute Gasteiger partial charge is 0.391 e. The van der Waals surface area contributed by atoms with Gasteiger partial charge in [-0.3, -0.25) is 0 Å². The molecule has 2 N–H and O–H groups in total. The standard InChI is InChI=1S/C18H24N4O3S/c1-18(2,3)21-26(24,25)15-7-5-4-6-14(15)17-19-10-8-16(20-17)22-11-9-13(23)12-22/h4-8,10,13,21,23H,9,11-12H2,1-3H3/t13-/m1/s1. The minimum atomic E-state index is -3.72. The number of β-amino-alcohol motifs (C(OH)–C–C–N with tert-alkyl or cyclic N) is 1. The molecule has 26 heavy (non-hydrogen) atoms. The zero-order chi connectivity index (χ0) is 18.9. The summed E-state index contributed by atoms with van der Waals surface area (Å²) in [6, 6.07) is 8.47. The van der Waals surface area contributed by atoms with Crippen molar-refractivity contribution in [1.82, 2.24) is 14.7 Å². The van der Waals surface area contributed by atoms with Crippen molar-refractivity contribution in [2.75, 3.05) is 18.0 Å². The van der Waals surface area contributed by atoms with E-state index < -0.39 is 15.6 Å². The summed E-state index contributed by atoms with van der Waals surface area (Å²) in [5, 5.41) is 9.73. The van der Waals surface area contributed by atoms with Gasteiger partial charge in [0, 0.05) is 30.4 Å². The zero-order valence-corrected chi connectivity index (χ0v) is 16.0. The molecule has 1 aliphatic heterocycles. The fourth-order valence-electron chi connectivity index (χ4n) is 2.95. The van der Waals surface area contributed by atoms with E-state index >= 15 is 0 Å². The minimum absolute atomic E-state index is 0.147. The third-order valence-electron chi connectivity index (χ3n) is 3.99. The van der Waals surface area contributed by atoms with E-state index in [0.29, 0.717) is 36.7 Å². The summed E-state index contributed by atoms with van der Waals surface area (Å²) in [6.07, 6.45) is 1.94. The van der Waals surface area contributed by atoms with Crippen LogP contribution in [0.3, 0.4) is 0 Å². The molecule has 0 radical (unpaired) electrons. The minimum Gasteiger partial charge on any atom is -0.391 e. The Labute approximate surface area is 154 Å². The monoisotopic (exact) mass is 376 g/mol. The van der Waals surface area contributed by atoms with Crippen LogP contribution in [-0.4, -0.2) is 48.2 Å². The Morgan fingerprint density at radius 3 is 2.62 bits per heavy atom. The van der Waals surface area contributed by atoms with Gasteiger partial charge in [0.2, 0.25) is 10.0 Å². The van der Waals surface area contributed by atoms with Crippen molar-refractivity contribution in [3.05, 3.63) is 36.5 Å². The van der Waals surface area contributed by atoms with E-state index in [4.69, 9.17) is 0 Å². The number of rotatable bonds is 4.